The molecular formula is C16H22N2OS. The fourth-order valence-electron chi connectivity index (χ4n) is 2.70. The number of nitrogens with zero attached hydrogens (tertiary/aromatic N) is 1. The molecule has 0 spiro atoms. The Balaban J connectivity index is 1.82. The summed E-state index contributed by atoms with van der Waals surface area (Å²) in [6.07, 6.45) is 3.22. The van der Waals surface area contributed by atoms with Crippen LogP contribution in [0, 0.1) is 12.8 Å². The number of rotatable bonds is 4. The second-order valence-electron chi connectivity index (χ2n) is 5.48. The summed E-state index contributed by atoms with van der Waals surface area (Å²) >= 11 is 5.02. The van der Waals surface area contributed by atoms with Gasteiger partial charge in [-0.2, -0.15) is 0 Å². The minimum Gasteiger partial charge on any atom is -0.393 e. The minimum absolute atomic E-state index is 0.245. The van der Waals surface area contributed by atoms with Crippen molar-refractivity contribution in [3.63, 3.8) is 0 Å². The van der Waals surface area contributed by atoms with Crippen molar-refractivity contribution in [2.45, 2.75) is 32.6 Å². The van der Waals surface area contributed by atoms with E-state index >= 15 is 0 Å². The monoisotopic (exact) mass is 290 g/mol. The van der Waals surface area contributed by atoms with Gasteiger partial charge in [-0.25, -0.2) is 0 Å². The van der Waals surface area contributed by atoms with E-state index in [0.29, 0.717) is 17.3 Å². The lowest BCUT2D eigenvalue weighted by atomic mass is 9.96. The van der Waals surface area contributed by atoms with Crippen molar-refractivity contribution >= 4 is 23.1 Å². The quantitative estimate of drug-likeness (QED) is 0.866. The third-order valence-corrected chi connectivity index (χ3v) is 4.45. The van der Waals surface area contributed by atoms with E-state index in [1.165, 1.54) is 11.1 Å². The van der Waals surface area contributed by atoms with Crippen LogP contribution in [0.3, 0.4) is 0 Å². The molecule has 2 N–H and O–H groups in total. The van der Waals surface area contributed by atoms with Crippen molar-refractivity contribution in [3.8, 4) is 0 Å². The summed E-state index contributed by atoms with van der Waals surface area (Å²) in [6, 6.07) is 8.25. The van der Waals surface area contributed by atoms with Crippen LogP contribution in [0.2, 0.25) is 0 Å². The molecule has 108 valence electrons. The number of carbonyl (C=O) groups excluding carboxylic acids is 1. The SMILES string of the molecule is Cc1ccccc1CCC(=O)N1CCC(C(N)=S)CC1. The number of carbonyl (C=O) groups is 1. The van der Waals surface area contributed by atoms with Gasteiger partial charge in [-0.1, -0.05) is 36.5 Å². The Hall–Kier alpha value is -1.42. The zero-order chi connectivity index (χ0) is 14.5. The van der Waals surface area contributed by atoms with Crippen molar-refractivity contribution in [2.24, 2.45) is 11.7 Å². The van der Waals surface area contributed by atoms with Gasteiger partial charge in [0.15, 0.2) is 0 Å². The highest BCUT2D eigenvalue weighted by Gasteiger charge is 2.23. The number of thiocarbonyl (C=S) groups is 1. The average molecular weight is 290 g/mol. The molecule has 0 bridgehead atoms. The molecule has 1 aromatic carbocycles. The van der Waals surface area contributed by atoms with Crippen molar-refractivity contribution in [3.05, 3.63) is 35.4 Å². The normalized spacial score (nSPS) is 16.1. The van der Waals surface area contributed by atoms with E-state index < -0.39 is 0 Å². The van der Waals surface area contributed by atoms with Gasteiger partial charge in [0.2, 0.25) is 5.91 Å². The highest BCUT2D eigenvalue weighted by molar-refractivity contribution is 7.80. The molecule has 1 aromatic rings. The minimum atomic E-state index is 0.245. The van der Waals surface area contributed by atoms with E-state index in [-0.39, 0.29) is 5.91 Å². The van der Waals surface area contributed by atoms with E-state index in [1.54, 1.807) is 0 Å². The van der Waals surface area contributed by atoms with Gasteiger partial charge < -0.3 is 10.6 Å². The Morgan fingerprint density at radius 2 is 2.00 bits per heavy atom. The molecule has 4 heteroatoms. The number of amides is 1. The first kappa shape index (κ1) is 15.0. The van der Waals surface area contributed by atoms with Crippen LogP contribution in [-0.2, 0) is 11.2 Å². The molecule has 0 unspecified atom stereocenters. The van der Waals surface area contributed by atoms with E-state index in [4.69, 9.17) is 18.0 Å². The fraction of sp³-hybridized carbons (Fsp3) is 0.500. The molecule has 2 rings (SSSR count). The van der Waals surface area contributed by atoms with Gasteiger partial charge in [-0.3, -0.25) is 4.79 Å². The highest BCUT2D eigenvalue weighted by Crippen LogP contribution is 2.19. The first-order valence-electron chi connectivity index (χ1n) is 7.19. The summed E-state index contributed by atoms with van der Waals surface area (Å²) in [4.78, 5) is 14.8. The Bertz CT molecular complexity index is 493. The van der Waals surface area contributed by atoms with Crippen LogP contribution >= 0.6 is 12.2 Å². The predicted octanol–water partition coefficient (Wildman–Crippen LogP) is 2.45. The average Bonchev–Trinajstić information content (AvgIpc) is 2.46. The third kappa shape index (κ3) is 3.79. The summed E-state index contributed by atoms with van der Waals surface area (Å²) in [6.45, 7) is 3.66. The van der Waals surface area contributed by atoms with Gasteiger partial charge in [0.25, 0.3) is 0 Å². The molecular weight excluding hydrogens is 268 g/mol. The summed E-state index contributed by atoms with van der Waals surface area (Å²) in [5.74, 6) is 0.556. The van der Waals surface area contributed by atoms with E-state index in [9.17, 15) is 4.79 Å². The molecule has 0 saturated carbocycles. The van der Waals surface area contributed by atoms with Crippen LogP contribution in [0.5, 0.6) is 0 Å². The highest BCUT2D eigenvalue weighted by atomic mass is 32.1. The number of hydrogen-bond donors (Lipinski definition) is 1. The van der Waals surface area contributed by atoms with Crippen LogP contribution in [0.4, 0.5) is 0 Å². The standard InChI is InChI=1S/C16H22N2OS/c1-12-4-2-3-5-13(12)6-7-15(19)18-10-8-14(9-11-18)16(17)20/h2-5,14H,6-11H2,1H3,(H2,17,20). The number of piperidine rings is 1. The lowest BCUT2D eigenvalue weighted by Gasteiger charge is -2.31. The zero-order valence-electron chi connectivity index (χ0n) is 12.0. The second-order valence-corrected chi connectivity index (χ2v) is 5.96. The van der Waals surface area contributed by atoms with E-state index in [0.717, 1.165) is 32.4 Å². The molecule has 3 nitrogen and oxygen atoms in total. The van der Waals surface area contributed by atoms with Crippen LogP contribution < -0.4 is 5.73 Å². The molecule has 1 aliphatic heterocycles. The molecule has 1 aliphatic rings. The molecule has 0 aliphatic carbocycles. The Kier molecular flexibility index (Phi) is 5.12. The molecule has 20 heavy (non-hydrogen) atoms. The fourth-order valence-corrected chi connectivity index (χ4v) is 2.94. The van der Waals surface area contributed by atoms with E-state index in [1.807, 2.05) is 17.0 Å². The molecule has 1 fully saturated rings. The summed E-state index contributed by atoms with van der Waals surface area (Å²) in [7, 11) is 0. The van der Waals surface area contributed by atoms with Crippen molar-refractivity contribution in [1.29, 1.82) is 0 Å². The molecule has 1 saturated heterocycles. The summed E-state index contributed by atoms with van der Waals surface area (Å²) in [5.41, 5.74) is 8.19. The maximum Gasteiger partial charge on any atom is 0.222 e. The topological polar surface area (TPSA) is 46.3 Å². The maximum absolute atomic E-state index is 12.2. The number of hydrogen-bond acceptors (Lipinski definition) is 2. The Morgan fingerprint density at radius 1 is 1.35 bits per heavy atom. The first-order chi connectivity index (χ1) is 9.58. The lowest BCUT2D eigenvalue weighted by molar-refractivity contribution is -0.132. The van der Waals surface area contributed by atoms with Crippen LogP contribution in [-0.4, -0.2) is 28.9 Å². The molecule has 0 atom stereocenters. The Labute approximate surface area is 126 Å². The lowest BCUT2D eigenvalue weighted by Crippen LogP contribution is -2.41. The molecule has 1 amide bonds. The smallest absolute Gasteiger partial charge is 0.222 e. The molecule has 0 aromatic heterocycles. The van der Waals surface area contributed by atoms with Crippen LogP contribution in [0.1, 0.15) is 30.4 Å². The summed E-state index contributed by atoms with van der Waals surface area (Å²) in [5, 5.41) is 0. The predicted molar refractivity (Wildman–Crippen MR) is 85.6 cm³/mol. The van der Waals surface area contributed by atoms with Gasteiger partial charge in [0, 0.05) is 25.4 Å². The van der Waals surface area contributed by atoms with Gasteiger partial charge in [0.05, 0.1) is 4.99 Å². The Morgan fingerprint density at radius 3 is 2.60 bits per heavy atom. The van der Waals surface area contributed by atoms with Crippen LogP contribution in [0.15, 0.2) is 24.3 Å². The molecule has 0 radical (unpaired) electrons. The van der Waals surface area contributed by atoms with Crippen molar-refractivity contribution in [2.75, 3.05) is 13.1 Å². The maximum atomic E-state index is 12.2. The van der Waals surface area contributed by atoms with Gasteiger partial charge in [-0.05, 0) is 37.3 Å². The first-order valence-corrected chi connectivity index (χ1v) is 7.60. The number of likely N-dealkylation sites (tertiary alicyclic amines) is 1. The van der Waals surface area contributed by atoms with Gasteiger partial charge >= 0.3 is 0 Å². The largest absolute Gasteiger partial charge is 0.393 e. The second kappa shape index (κ2) is 6.84. The molecule has 1 heterocycles. The van der Waals surface area contributed by atoms with Crippen molar-refractivity contribution < 1.29 is 4.79 Å². The van der Waals surface area contributed by atoms with Crippen LogP contribution in [0.25, 0.3) is 0 Å². The number of aryl methyl sites for hydroxylation is 2. The number of nitrogens with two attached hydrogens (primary N) is 1. The van der Waals surface area contributed by atoms with Gasteiger partial charge in [-0.15, -0.1) is 0 Å². The third-order valence-electron chi connectivity index (χ3n) is 4.12. The summed E-state index contributed by atoms with van der Waals surface area (Å²) < 4.78 is 0. The van der Waals surface area contributed by atoms with Gasteiger partial charge in [0.1, 0.15) is 0 Å². The van der Waals surface area contributed by atoms with Crippen molar-refractivity contribution in [1.82, 2.24) is 4.90 Å². The number of benzene rings is 1. The zero-order valence-corrected chi connectivity index (χ0v) is 12.8. The van der Waals surface area contributed by atoms with E-state index in [2.05, 4.69) is 19.1 Å².